The molecule has 2 atom stereocenters. The van der Waals surface area contributed by atoms with Crippen LogP contribution in [0.4, 0.5) is 11.4 Å². The number of rotatable bonds is 8. The van der Waals surface area contributed by atoms with E-state index >= 15 is 0 Å². The predicted octanol–water partition coefficient (Wildman–Crippen LogP) is -1.92. The first kappa shape index (κ1) is 18.9. The van der Waals surface area contributed by atoms with Crippen LogP contribution in [-0.4, -0.2) is 55.9 Å². The lowest BCUT2D eigenvalue weighted by Crippen LogP contribution is -2.48. The van der Waals surface area contributed by atoms with E-state index < -0.39 is 23.5 Å². The molecule has 9 heteroatoms. The van der Waals surface area contributed by atoms with Gasteiger partial charge in [0.15, 0.2) is 0 Å². The molecule has 0 saturated carbocycles. The van der Waals surface area contributed by atoms with Crippen molar-refractivity contribution in [1.29, 1.82) is 0 Å². The van der Waals surface area contributed by atoms with Crippen LogP contribution in [0, 0.1) is 5.92 Å². The van der Waals surface area contributed by atoms with Crippen molar-refractivity contribution < 1.29 is 10.0 Å². The van der Waals surface area contributed by atoms with Gasteiger partial charge in [-0.25, -0.2) is 0 Å². The molecule has 1 saturated heterocycles. The Hall–Kier alpha value is -1.42. The van der Waals surface area contributed by atoms with Gasteiger partial charge in [-0.15, -0.1) is 0 Å². The SMILES string of the molecule is CN(CCN)c1c(N2C[C@H](CCCB(O)O)[C@@](C)(N)C2)c(=O)c1=O. The van der Waals surface area contributed by atoms with Crippen molar-refractivity contribution in [2.24, 2.45) is 17.4 Å². The molecule has 0 bridgehead atoms. The number of hydrogen-bond acceptors (Lipinski definition) is 8. The smallest absolute Gasteiger partial charge is 0.427 e. The molecule has 134 valence electrons. The van der Waals surface area contributed by atoms with Gasteiger partial charge in [-0.3, -0.25) is 9.59 Å². The number of hydrogen-bond donors (Lipinski definition) is 4. The molecule has 0 radical (unpaired) electrons. The van der Waals surface area contributed by atoms with E-state index in [0.29, 0.717) is 50.3 Å². The molecule has 1 heterocycles. The zero-order valence-electron chi connectivity index (χ0n) is 14.4. The van der Waals surface area contributed by atoms with Gasteiger partial charge in [-0.2, -0.15) is 0 Å². The largest absolute Gasteiger partial charge is 0.451 e. The van der Waals surface area contributed by atoms with Crippen molar-refractivity contribution in [3.05, 3.63) is 20.4 Å². The molecule has 24 heavy (non-hydrogen) atoms. The Morgan fingerprint density at radius 1 is 1.38 bits per heavy atom. The summed E-state index contributed by atoms with van der Waals surface area (Å²) in [6, 6.07) is 0. The molecule has 0 spiro atoms. The van der Waals surface area contributed by atoms with Crippen LogP contribution in [0.3, 0.4) is 0 Å². The van der Waals surface area contributed by atoms with Crippen molar-refractivity contribution in [1.82, 2.24) is 0 Å². The van der Waals surface area contributed by atoms with E-state index in [0.717, 1.165) is 6.42 Å². The minimum atomic E-state index is -1.31. The Balaban J connectivity index is 2.13. The average molecular weight is 338 g/mol. The summed E-state index contributed by atoms with van der Waals surface area (Å²) >= 11 is 0. The van der Waals surface area contributed by atoms with Crippen LogP contribution in [0.15, 0.2) is 9.59 Å². The van der Waals surface area contributed by atoms with Crippen LogP contribution >= 0.6 is 0 Å². The van der Waals surface area contributed by atoms with Gasteiger partial charge in [0.2, 0.25) is 0 Å². The first-order chi connectivity index (χ1) is 11.2. The van der Waals surface area contributed by atoms with Gasteiger partial charge >= 0.3 is 7.12 Å². The van der Waals surface area contributed by atoms with E-state index in [1.807, 2.05) is 11.8 Å². The van der Waals surface area contributed by atoms with E-state index in [2.05, 4.69) is 0 Å². The van der Waals surface area contributed by atoms with Crippen molar-refractivity contribution in [3.8, 4) is 0 Å². The van der Waals surface area contributed by atoms with Gasteiger partial charge in [0, 0.05) is 38.8 Å². The molecule has 0 unspecified atom stereocenters. The molecule has 1 aromatic rings. The van der Waals surface area contributed by atoms with E-state index in [1.54, 1.807) is 11.9 Å². The highest BCUT2D eigenvalue weighted by Crippen LogP contribution is 2.35. The topological polar surface area (TPSA) is 133 Å². The molecular weight excluding hydrogens is 311 g/mol. The maximum Gasteiger partial charge on any atom is 0.451 e. The zero-order valence-corrected chi connectivity index (χ0v) is 14.4. The zero-order chi connectivity index (χ0) is 18.1. The highest BCUT2D eigenvalue weighted by Gasteiger charge is 2.43. The second kappa shape index (κ2) is 7.22. The second-order valence-electron chi connectivity index (χ2n) is 7.06. The minimum Gasteiger partial charge on any atom is -0.427 e. The lowest BCUT2D eigenvalue weighted by atomic mass is 9.79. The summed E-state index contributed by atoms with van der Waals surface area (Å²) in [7, 11) is 0.446. The van der Waals surface area contributed by atoms with E-state index in [-0.39, 0.29) is 5.92 Å². The Bertz CT molecular complexity index is 642. The summed E-state index contributed by atoms with van der Waals surface area (Å²) in [5.41, 5.74) is 11.4. The fourth-order valence-electron chi connectivity index (χ4n) is 3.54. The summed E-state index contributed by atoms with van der Waals surface area (Å²) in [5, 5.41) is 17.9. The number of nitrogens with two attached hydrogens (primary N) is 2. The van der Waals surface area contributed by atoms with Gasteiger partial charge in [0.05, 0.1) is 0 Å². The van der Waals surface area contributed by atoms with Crippen molar-refractivity contribution >= 4 is 18.5 Å². The summed E-state index contributed by atoms with van der Waals surface area (Å²) in [4.78, 5) is 27.6. The Morgan fingerprint density at radius 3 is 2.62 bits per heavy atom. The van der Waals surface area contributed by atoms with E-state index in [9.17, 15) is 9.59 Å². The van der Waals surface area contributed by atoms with Crippen LogP contribution < -0.4 is 32.1 Å². The van der Waals surface area contributed by atoms with Gasteiger partial charge in [-0.05, 0) is 25.6 Å². The molecule has 6 N–H and O–H groups in total. The average Bonchev–Trinajstić information content (AvgIpc) is 2.77. The lowest BCUT2D eigenvalue weighted by Gasteiger charge is -2.28. The first-order valence-electron chi connectivity index (χ1n) is 8.33. The number of nitrogens with zero attached hydrogens (tertiary/aromatic N) is 2. The van der Waals surface area contributed by atoms with Crippen LogP contribution in [0.1, 0.15) is 19.8 Å². The minimum absolute atomic E-state index is 0.119. The molecule has 1 aromatic carbocycles. The third kappa shape index (κ3) is 3.64. The van der Waals surface area contributed by atoms with Gasteiger partial charge < -0.3 is 31.3 Å². The molecule has 0 aromatic heterocycles. The third-order valence-electron chi connectivity index (χ3n) is 4.94. The molecular formula is C15H27BN4O4. The molecule has 0 aliphatic carbocycles. The maximum absolute atomic E-state index is 12.1. The van der Waals surface area contributed by atoms with Crippen LogP contribution in [0.2, 0.25) is 6.32 Å². The quantitative estimate of drug-likeness (QED) is 0.319. The number of likely N-dealkylation sites (N-methyl/N-ethyl adjacent to an activating group) is 1. The monoisotopic (exact) mass is 338 g/mol. The summed E-state index contributed by atoms with van der Waals surface area (Å²) in [6.07, 6.45) is 1.69. The van der Waals surface area contributed by atoms with Gasteiger partial charge in [-0.1, -0.05) is 6.42 Å². The Morgan fingerprint density at radius 2 is 2.04 bits per heavy atom. The van der Waals surface area contributed by atoms with Crippen LogP contribution in [0.5, 0.6) is 0 Å². The fraction of sp³-hybridized carbons (Fsp3) is 0.733. The number of anilines is 2. The standard InChI is InChI=1S/C15H27BN4O4/c1-15(18)9-20(8-10(15)4-3-5-16(23)24)12-11(13(21)14(12)22)19(2)7-6-17/h10,23-24H,3-9,17-18H2,1-2H3/t10-,15-/m0/s1. The van der Waals surface area contributed by atoms with Gasteiger partial charge in [0.25, 0.3) is 10.9 Å². The maximum atomic E-state index is 12.1. The Kier molecular flexibility index (Phi) is 5.69. The third-order valence-corrected chi connectivity index (χ3v) is 4.94. The molecule has 1 aliphatic heterocycles. The summed E-state index contributed by atoms with van der Waals surface area (Å²) < 4.78 is 0. The summed E-state index contributed by atoms with van der Waals surface area (Å²) in [6.45, 7) is 3.91. The predicted molar refractivity (Wildman–Crippen MR) is 96.2 cm³/mol. The Labute approximate surface area is 141 Å². The van der Waals surface area contributed by atoms with E-state index in [1.165, 1.54) is 0 Å². The normalized spacial score (nSPS) is 23.9. The van der Waals surface area contributed by atoms with E-state index in [4.69, 9.17) is 21.5 Å². The van der Waals surface area contributed by atoms with Gasteiger partial charge in [0.1, 0.15) is 11.4 Å². The highest BCUT2D eigenvalue weighted by molar-refractivity contribution is 6.40. The molecule has 0 amide bonds. The molecule has 2 rings (SSSR count). The van der Waals surface area contributed by atoms with Crippen molar-refractivity contribution in [2.45, 2.75) is 31.6 Å². The van der Waals surface area contributed by atoms with Crippen LogP contribution in [0.25, 0.3) is 0 Å². The van der Waals surface area contributed by atoms with Crippen molar-refractivity contribution in [3.63, 3.8) is 0 Å². The van der Waals surface area contributed by atoms with Crippen molar-refractivity contribution in [2.75, 3.05) is 43.0 Å². The lowest BCUT2D eigenvalue weighted by molar-refractivity contribution is 0.343. The molecule has 1 fully saturated rings. The molecule has 1 aliphatic rings. The highest BCUT2D eigenvalue weighted by atomic mass is 16.4. The summed E-state index contributed by atoms with van der Waals surface area (Å²) in [5.74, 6) is 0.119. The van der Waals surface area contributed by atoms with Crippen LogP contribution in [-0.2, 0) is 0 Å². The first-order valence-corrected chi connectivity index (χ1v) is 8.33. The molecule has 8 nitrogen and oxygen atoms in total. The second-order valence-corrected chi connectivity index (χ2v) is 7.06. The fourth-order valence-corrected chi connectivity index (χ4v) is 3.54.